The highest BCUT2D eigenvalue weighted by molar-refractivity contribution is 7.24. The molecule has 3 rings (SSSR count). The van der Waals surface area contributed by atoms with Gasteiger partial charge in [-0.2, -0.15) is 0 Å². The number of carbonyl (C=O) groups is 2. The summed E-state index contributed by atoms with van der Waals surface area (Å²) < 4.78 is 17.3. The van der Waals surface area contributed by atoms with Crippen molar-refractivity contribution in [3.05, 3.63) is 64.8 Å². The van der Waals surface area contributed by atoms with Gasteiger partial charge in [-0.25, -0.2) is 9.59 Å². The highest BCUT2D eigenvalue weighted by atomic mass is 32.1. The summed E-state index contributed by atoms with van der Waals surface area (Å²) in [4.78, 5) is 35.7. The standard InChI is InChI=1S/C23H22O6S/c1-15(2)23(26)28-12-6-5-11-27-21(24)14-29-16-9-10-18-20(13-16)30-19-8-4-3-7-17(19)22(18)25/h3-4,7-10,13H,1,5-6,11-12,14H2,2H3. The zero-order valence-electron chi connectivity index (χ0n) is 16.6. The zero-order chi connectivity index (χ0) is 21.5. The number of rotatable bonds is 9. The molecule has 6 nitrogen and oxygen atoms in total. The molecule has 0 aliphatic heterocycles. The molecule has 1 aromatic heterocycles. The number of unbranched alkanes of at least 4 members (excludes halogenated alkanes) is 1. The number of carbonyl (C=O) groups excluding carboxylic acids is 2. The summed E-state index contributed by atoms with van der Waals surface area (Å²) in [6.45, 7) is 5.34. The molecular weight excluding hydrogens is 404 g/mol. The van der Waals surface area contributed by atoms with Gasteiger partial charge in [-0.3, -0.25) is 4.79 Å². The lowest BCUT2D eigenvalue weighted by molar-refractivity contribution is -0.146. The molecule has 0 spiro atoms. The molecule has 2 aromatic carbocycles. The monoisotopic (exact) mass is 426 g/mol. The Balaban J connectivity index is 1.48. The van der Waals surface area contributed by atoms with Crippen molar-refractivity contribution in [3.8, 4) is 5.75 Å². The smallest absolute Gasteiger partial charge is 0.344 e. The minimum Gasteiger partial charge on any atom is -0.482 e. The lowest BCUT2D eigenvalue weighted by Gasteiger charge is -2.08. The topological polar surface area (TPSA) is 78.9 Å². The summed E-state index contributed by atoms with van der Waals surface area (Å²) >= 11 is 1.50. The van der Waals surface area contributed by atoms with E-state index in [1.807, 2.05) is 24.3 Å². The van der Waals surface area contributed by atoms with Crippen LogP contribution in [0.4, 0.5) is 0 Å². The minimum absolute atomic E-state index is 0.0146. The fraction of sp³-hybridized carbons (Fsp3) is 0.261. The van der Waals surface area contributed by atoms with Crippen molar-refractivity contribution in [2.24, 2.45) is 0 Å². The van der Waals surface area contributed by atoms with E-state index in [1.165, 1.54) is 11.3 Å². The van der Waals surface area contributed by atoms with E-state index >= 15 is 0 Å². The second-order valence-corrected chi connectivity index (χ2v) is 7.80. The first-order valence-corrected chi connectivity index (χ1v) is 10.3. The van der Waals surface area contributed by atoms with Gasteiger partial charge in [0, 0.05) is 25.7 Å². The third kappa shape index (κ3) is 5.45. The van der Waals surface area contributed by atoms with Gasteiger partial charge in [0.05, 0.1) is 13.2 Å². The van der Waals surface area contributed by atoms with E-state index in [0.29, 0.717) is 34.9 Å². The van der Waals surface area contributed by atoms with Crippen LogP contribution in [-0.4, -0.2) is 31.8 Å². The highest BCUT2D eigenvalue weighted by Crippen LogP contribution is 2.27. The van der Waals surface area contributed by atoms with Gasteiger partial charge in [0.25, 0.3) is 0 Å². The number of hydrogen-bond acceptors (Lipinski definition) is 7. The molecule has 0 N–H and O–H groups in total. The van der Waals surface area contributed by atoms with Crippen LogP contribution in [0.25, 0.3) is 20.2 Å². The molecule has 0 aliphatic rings. The van der Waals surface area contributed by atoms with Gasteiger partial charge in [-0.1, -0.05) is 18.7 Å². The van der Waals surface area contributed by atoms with Gasteiger partial charge >= 0.3 is 11.9 Å². The van der Waals surface area contributed by atoms with Gasteiger partial charge in [-0.05, 0) is 50.1 Å². The van der Waals surface area contributed by atoms with Crippen molar-refractivity contribution in [2.45, 2.75) is 19.8 Å². The second-order valence-electron chi connectivity index (χ2n) is 6.72. The molecule has 0 unspecified atom stereocenters. The zero-order valence-corrected chi connectivity index (χ0v) is 17.5. The Morgan fingerprint density at radius 3 is 2.43 bits per heavy atom. The van der Waals surface area contributed by atoms with Crippen molar-refractivity contribution in [1.29, 1.82) is 0 Å². The predicted octanol–water partition coefficient (Wildman–Crippen LogP) is 4.24. The summed E-state index contributed by atoms with van der Waals surface area (Å²) in [6.07, 6.45) is 1.16. The van der Waals surface area contributed by atoms with E-state index in [-0.39, 0.29) is 25.2 Å². The van der Waals surface area contributed by atoms with Crippen LogP contribution >= 0.6 is 11.3 Å². The molecule has 0 saturated carbocycles. The average molecular weight is 426 g/mol. The molecule has 0 atom stereocenters. The van der Waals surface area contributed by atoms with Crippen LogP contribution in [0.3, 0.4) is 0 Å². The summed E-state index contributed by atoms with van der Waals surface area (Å²) in [6, 6.07) is 12.6. The third-order valence-electron chi connectivity index (χ3n) is 4.29. The Morgan fingerprint density at radius 2 is 1.67 bits per heavy atom. The molecule has 0 bridgehead atoms. The molecule has 0 saturated heterocycles. The minimum atomic E-state index is -0.485. The largest absolute Gasteiger partial charge is 0.482 e. The number of ether oxygens (including phenoxy) is 3. The first kappa shape index (κ1) is 21.5. The van der Waals surface area contributed by atoms with E-state index in [1.54, 1.807) is 25.1 Å². The Hall–Kier alpha value is -3.19. The molecule has 0 radical (unpaired) electrons. The average Bonchev–Trinajstić information content (AvgIpc) is 2.74. The van der Waals surface area contributed by atoms with Gasteiger partial charge in [0.2, 0.25) is 0 Å². The van der Waals surface area contributed by atoms with Gasteiger partial charge < -0.3 is 14.2 Å². The Bertz CT molecular complexity index is 1150. The fourth-order valence-corrected chi connectivity index (χ4v) is 3.83. The lowest BCUT2D eigenvalue weighted by atomic mass is 10.2. The maximum atomic E-state index is 12.6. The van der Waals surface area contributed by atoms with Crippen molar-refractivity contribution in [1.82, 2.24) is 0 Å². The van der Waals surface area contributed by atoms with E-state index in [0.717, 1.165) is 9.40 Å². The fourth-order valence-electron chi connectivity index (χ4n) is 2.73. The normalized spacial score (nSPS) is 10.7. The maximum Gasteiger partial charge on any atom is 0.344 e. The quantitative estimate of drug-likeness (QED) is 0.220. The van der Waals surface area contributed by atoms with E-state index in [2.05, 4.69) is 6.58 Å². The first-order valence-electron chi connectivity index (χ1n) is 9.52. The highest BCUT2D eigenvalue weighted by Gasteiger charge is 2.09. The van der Waals surface area contributed by atoms with Crippen molar-refractivity contribution in [3.63, 3.8) is 0 Å². The van der Waals surface area contributed by atoms with Crippen LogP contribution in [0, 0.1) is 0 Å². The predicted molar refractivity (Wildman–Crippen MR) is 117 cm³/mol. The number of esters is 2. The van der Waals surface area contributed by atoms with E-state index < -0.39 is 11.9 Å². The van der Waals surface area contributed by atoms with Crippen LogP contribution in [0.5, 0.6) is 5.75 Å². The Labute approximate surface area is 177 Å². The SMILES string of the molecule is C=C(C)C(=O)OCCCCOC(=O)COc1ccc2c(=O)c3ccccc3sc2c1. The molecule has 0 amide bonds. The van der Waals surface area contributed by atoms with Gasteiger partial charge in [0.1, 0.15) is 5.75 Å². The number of benzene rings is 2. The van der Waals surface area contributed by atoms with E-state index in [9.17, 15) is 14.4 Å². The van der Waals surface area contributed by atoms with Crippen LogP contribution in [-0.2, 0) is 19.1 Å². The summed E-state index contributed by atoms with van der Waals surface area (Å²) in [5.41, 5.74) is 0.340. The summed E-state index contributed by atoms with van der Waals surface area (Å²) in [7, 11) is 0. The lowest BCUT2D eigenvalue weighted by Crippen LogP contribution is -2.16. The van der Waals surface area contributed by atoms with Crippen molar-refractivity contribution < 1.29 is 23.8 Å². The molecule has 30 heavy (non-hydrogen) atoms. The summed E-state index contributed by atoms with van der Waals surface area (Å²) in [5, 5.41) is 1.32. The molecule has 0 fully saturated rings. The van der Waals surface area contributed by atoms with Gasteiger partial charge in [0.15, 0.2) is 12.0 Å². The van der Waals surface area contributed by atoms with E-state index in [4.69, 9.17) is 14.2 Å². The molecule has 7 heteroatoms. The molecule has 0 aliphatic carbocycles. The number of fused-ring (bicyclic) bond motifs is 2. The Morgan fingerprint density at radius 1 is 0.967 bits per heavy atom. The van der Waals surface area contributed by atoms with Crippen molar-refractivity contribution in [2.75, 3.05) is 19.8 Å². The molecular formula is C23H22O6S. The van der Waals surface area contributed by atoms with Crippen LogP contribution in [0.2, 0.25) is 0 Å². The molecule has 1 heterocycles. The maximum absolute atomic E-state index is 12.6. The molecule has 3 aromatic rings. The third-order valence-corrected chi connectivity index (χ3v) is 5.42. The Kier molecular flexibility index (Phi) is 7.19. The molecule has 156 valence electrons. The van der Waals surface area contributed by atoms with Crippen LogP contribution < -0.4 is 10.2 Å². The second kappa shape index (κ2) is 10.0. The summed E-state index contributed by atoms with van der Waals surface area (Å²) in [5.74, 6) is -0.411. The first-order chi connectivity index (χ1) is 14.5. The number of hydrogen-bond donors (Lipinski definition) is 0. The van der Waals surface area contributed by atoms with Gasteiger partial charge in [-0.15, -0.1) is 11.3 Å². The van der Waals surface area contributed by atoms with Crippen molar-refractivity contribution >= 4 is 43.4 Å². The van der Waals surface area contributed by atoms with Crippen LogP contribution in [0.1, 0.15) is 19.8 Å². The van der Waals surface area contributed by atoms with Crippen LogP contribution in [0.15, 0.2) is 59.4 Å².